The summed E-state index contributed by atoms with van der Waals surface area (Å²) < 4.78 is 5.20. The standard InChI is InChI=1S/C16H28N2O/c1-5-18(11-13(2)3)16(10-17)15-8-6-7-14(9-15)12-19-4/h6-9,13,16H,5,10-12,17H2,1-4H3. The Bertz CT molecular complexity index is 366. The Morgan fingerprint density at radius 2 is 2.05 bits per heavy atom. The zero-order valence-electron chi connectivity index (χ0n) is 12.7. The van der Waals surface area contributed by atoms with E-state index in [2.05, 4.69) is 49.9 Å². The van der Waals surface area contributed by atoms with Crippen LogP contribution in [0.25, 0.3) is 0 Å². The zero-order valence-corrected chi connectivity index (χ0v) is 12.7. The highest BCUT2D eigenvalue weighted by molar-refractivity contribution is 5.26. The average Bonchev–Trinajstić information content (AvgIpc) is 2.39. The van der Waals surface area contributed by atoms with Gasteiger partial charge in [-0.05, 0) is 23.6 Å². The van der Waals surface area contributed by atoms with E-state index in [4.69, 9.17) is 10.5 Å². The fraction of sp³-hybridized carbons (Fsp3) is 0.625. The summed E-state index contributed by atoms with van der Waals surface area (Å²) in [5, 5.41) is 0. The molecule has 0 aliphatic carbocycles. The second-order valence-corrected chi connectivity index (χ2v) is 5.41. The Kier molecular flexibility index (Phi) is 7.06. The first kappa shape index (κ1) is 16.2. The van der Waals surface area contributed by atoms with Crippen molar-refractivity contribution < 1.29 is 4.74 Å². The summed E-state index contributed by atoms with van der Waals surface area (Å²) in [4.78, 5) is 2.45. The van der Waals surface area contributed by atoms with Crippen LogP contribution < -0.4 is 5.73 Å². The highest BCUT2D eigenvalue weighted by atomic mass is 16.5. The third-order valence-electron chi connectivity index (χ3n) is 3.32. The second-order valence-electron chi connectivity index (χ2n) is 5.41. The number of rotatable bonds is 8. The molecule has 1 aromatic carbocycles. The summed E-state index contributed by atoms with van der Waals surface area (Å²) in [5.74, 6) is 0.649. The lowest BCUT2D eigenvalue weighted by Crippen LogP contribution is -2.36. The van der Waals surface area contributed by atoms with Crippen LogP contribution in [0.15, 0.2) is 24.3 Å². The molecule has 108 valence electrons. The number of nitrogens with zero attached hydrogens (tertiary/aromatic N) is 1. The van der Waals surface area contributed by atoms with Crippen LogP contribution >= 0.6 is 0 Å². The predicted molar refractivity (Wildman–Crippen MR) is 81.0 cm³/mol. The molecular weight excluding hydrogens is 236 g/mol. The van der Waals surface area contributed by atoms with Crippen molar-refractivity contribution >= 4 is 0 Å². The number of nitrogens with two attached hydrogens (primary N) is 1. The maximum Gasteiger partial charge on any atom is 0.0713 e. The molecule has 1 rings (SSSR count). The van der Waals surface area contributed by atoms with Gasteiger partial charge in [0.1, 0.15) is 0 Å². The van der Waals surface area contributed by atoms with Crippen molar-refractivity contribution in [3.05, 3.63) is 35.4 Å². The molecule has 0 aliphatic rings. The molecule has 0 fully saturated rings. The third kappa shape index (κ3) is 4.94. The van der Waals surface area contributed by atoms with Gasteiger partial charge in [-0.15, -0.1) is 0 Å². The lowest BCUT2D eigenvalue weighted by atomic mass is 10.0. The van der Waals surface area contributed by atoms with Gasteiger partial charge in [0.25, 0.3) is 0 Å². The predicted octanol–water partition coefficient (Wildman–Crippen LogP) is 2.81. The van der Waals surface area contributed by atoms with Crippen LogP contribution in [0.1, 0.15) is 37.9 Å². The van der Waals surface area contributed by atoms with Gasteiger partial charge in [-0.1, -0.05) is 45.0 Å². The summed E-state index contributed by atoms with van der Waals surface area (Å²) in [6, 6.07) is 8.86. The molecule has 2 N–H and O–H groups in total. The maximum atomic E-state index is 6.01. The summed E-state index contributed by atoms with van der Waals surface area (Å²) in [6.07, 6.45) is 0. The first-order chi connectivity index (χ1) is 9.12. The molecule has 3 nitrogen and oxygen atoms in total. The molecule has 0 radical (unpaired) electrons. The van der Waals surface area contributed by atoms with Gasteiger partial charge in [-0.2, -0.15) is 0 Å². The van der Waals surface area contributed by atoms with E-state index in [1.54, 1.807) is 7.11 Å². The third-order valence-corrected chi connectivity index (χ3v) is 3.32. The van der Waals surface area contributed by atoms with Gasteiger partial charge in [0.05, 0.1) is 6.61 Å². The maximum absolute atomic E-state index is 6.01. The van der Waals surface area contributed by atoms with Crippen LogP contribution in [0.4, 0.5) is 0 Å². The van der Waals surface area contributed by atoms with E-state index in [0.717, 1.165) is 13.1 Å². The minimum atomic E-state index is 0.296. The number of hydrogen-bond acceptors (Lipinski definition) is 3. The van der Waals surface area contributed by atoms with Gasteiger partial charge >= 0.3 is 0 Å². The molecule has 19 heavy (non-hydrogen) atoms. The van der Waals surface area contributed by atoms with Gasteiger partial charge in [0.2, 0.25) is 0 Å². The van der Waals surface area contributed by atoms with Gasteiger partial charge in [0, 0.05) is 26.2 Å². The molecule has 0 heterocycles. The fourth-order valence-electron chi connectivity index (χ4n) is 2.50. The van der Waals surface area contributed by atoms with Crippen LogP contribution in [0.2, 0.25) is 0 Å². The Balaban J connectivity index is 2.90. The molecule has 1 aromatic rings. The molecule has 0 spiro atoms. The molecule has 0 amide bonds. The van der Waals surface area contributed by atoms with Crippen molar-refractivity contribution in [2.75, 3.05) is 26.7 Å². The van der Waals surface area contributed by atoms with E-state index >= 15 is 0 Å². The summed E-state index contributed by atoms with van der Waals surface area (Å²) >= 11 is 0. The van der Waals surface area contributed by atoms with E-state index in [9.17, 15) is 0 Å². The Morgan fingerprint density at radius 1 is 1.32 bits per heavy atom. The summed E-state index contributed by atoms with van der Waals surface area (Å²) in [6.45, 7) is 10.1. The summed E-state index contributed by atoms with van der Waals surface area (Å²) in [7, 11) is 1.73. The topological polar surface area (TPSA) is 38.5 Å². The monoisotopic (exact) mass is 264 g/mol. The molecule has 0 saturated carbocycles. The van der Waals surface area contributed by atoms with Gasteiger partial charge in [-0.3, -0.25) is 4.90 Å². The molecule has 0 aliphatic heterocycles. The van der Waals surface area contributed by atoms with Gasteiger partial charge in [0.15, 0.2) is 0 Å². The number of ether oxygens (including phenoxy) is 1. The average molecular weight is 264 g/mol. The van der Waals surface area contributed by atoms with Crippen molar-refractivity contribution in [3.63, 3.8) is 0 Å². The van der Waals surface area contributed by atoms with Crippen LogP contribution in [-0.2, 0) is 11.3 Å². The lowest BCUT2D eigenvalue weighted by molar-refractivity contribution is 0.182. The highest BCUT2D eigenvalue weighted by Crippen LogP contribution is 2.22. The SMILES string of the molecule is CCN(CC(C)C)C(CN)c1cccc(COC)c1. The first-order valence-electron chi connectivity index (χ1n) is 7.14. The van der Waals surface area contributed by atoms with Crippen molar-refractivity contribution in [1.82, 2.24) is 4.90 Å². The van der Waals surface area contributed by atoms with Gasteiger partial charge in [-0.25, -0.2) is 0 Å². The number of hydrogen-bond donors (Lipinski definition) is 1. The Hall–Kier alpha value is -0.900. The van der Waals surface area contributed by atoms with Crippen molar-refractivity contribution in [1.29, 1.82) is 0 Å². The number of methoxy groups -OCH3 is 1. The normalized spacial score (nSPS) is 13.2. The lowest BCUT2D eigenvalue weighted by Gasteiger charge is -2.31. The van der Waals surface area contributed by atoms with Crippen LogP contribution in [0, 0.1) is 5.92 Å². The summed E-state index contributed by atoms with van der Waals surface area (Å²) in [5.41, 5.74) is 8.51. The van der Waals surface area contributed by atoms with E-state index in [1.165, 1.54) is 11.1 Å². The number of likely N-dealkylation sites (N-methyl/N-ethyl adjacent to an activating group) is 1. The molecule has 0 saturated heterocycles. The van der Waals surface area contributed by atoms with Crippen molar-refractivity contribution in [2.24, 2.45) is 11.7 Å². The zero-order chi connectivity index (χ0) is 14.3. The number of benzene rings is 1. The quantitative estimate of drug-likeness (QED) is 0.784. The van der Waals surface area contributed by atoms with E-state index < -0.39 is 0 Å². The molecule has 1 unspecified atom stereocenters. The van der Waals surface area contributed by atoms with E-state index in [0.29, 0.717) is 25.1 Å². The molecular formula is C16H28N2O. The second kappa shape index (κ2) is 8.31. The van der Waals surface area contributed by atoms with E-state index in [-0.39, 0.29) is 0 Å². The van der Waals surface area contributed by atoms with Gasteiger partial charge < -0.3 is 10.5 Å². The molecule has 1 atom stereocenters. The molecule has 3 heteroatoms. The smallest absolute Gasteiger partial charge is 0.0713 e. The molecule has 0 aromatic heterocycles. The Labute approximate surface area is 117 Å². The van der Waals surface area contributed by atoms with Crippen LogP contribution in [0.5, 0.6) is 0 Å². The molecule has 0 bridgehead atoms. The minimum Gasteiger partial charge on any atom is -0.380 e. The van der Waals surface area contributed by atoms with Crippen LogP contribution in [0.3, 0.4) is 0 Å². The van der Waals surface area contributed by atoms with Crippen molar-refractivity contribution in [2.45, 2.75) is 33.4 Å². The first-order valence-corrected chi connectivity index (χ1v) is 7.14. The largest absolute Gasteiger partial charge is 0.380 e. The fourth-order valence-corrected chi connectivity index (χ4v) is 2.50. The Morgan fingerprint density at radius 3 is 2.58 bits per heavy atom. The minimum absolute atomic E-state index is 0.296. The van der Waals surface area contributed by atoms with E-state index in [1.807, 2.05) is 0 Å². The highest BCUT2D eigenvalue weighted by Gasteiger charge is 2.18. The van der Waals surface area contributed by atoms with Crippen LogP contribution in [-0.4, -0.2) is 31.6 Å². The van der Waals surface area contributed by atoms with Crippen molar-refractivity contribution in [3.8, 4) is 0 Å².